The molecule has 1 aromatic rings. The van der Waals surface area contributed by atoms with E-state index in [2.05, 4.69) is 25.6 Å². The van der Waals surface area contributed by atoms with Crippen LogP contribution in [0.4, 0.5) is 20.5 Å². The molecule has 0 bridgehead atoms. The SMILES string of the molecule is C[C@@H]1CN(c2ncc(Cl)c(NC3=CC4C(=NC(=O)C5=C4N[C@@H](C4CC4)CCO5)C=C3)n2)C[C@H](C)C1(F)F. The molecule has 1 unspecified atom stereocenters. The smallest absolute Gasteiger partial charge is 0.314 e. The number of nitrogens with one attached hydrogen (secondary N) is 2. The number of carbonyl (C=O) groups is 1. The number of halogens is 3. The van der Waals surface area contributed by atoms with Crippen LogP contribution in [0.2, 0.25) is 5.02 Å². The third kappa shape index (κ3) is 4.49. The molecule has 11 heteroatoms. The van der Waals surface area contributed by atoms with Crippen LogP contribution in [0.25, 0.3) is 0 Å². The maximum absolute atomic E-state index is 14.3. The van der Waals surface area contributed by atoms with Gasteiger partial charge in [-0.05, 0) is 37.0 Å². The standard InChI is InChI=1S/C26H29ClF2N6O2/c1-13-11-35(12-14(2)26(13,28)29)25-30-10-18(27)23(34-25)31-16-5-6-20-17(9-16)21-22(24(36)33-20)37-8-7-19(32-21)15-3-4-15/h5-6,9-10,13-15,17,19,32H,3-4,7-8,11-12H2,1-2H3,(H,30,31,34)/t13-,14+,17?,19-/m1/s1. The van der Waals surface area contributed by atoms with Gasteiger partial charge < -0.3 is 20.3 Å². The fourth-order valence-electron chi connectivity index (χ4n) is 5.51. The van der Waals surface area contributed by atoms with Crippen LogP contribution in [0.5, 0.6) is 0 Å². The molecule has 3 aliphatic heterocycles. The summed E-state index contributed by atoms with van der Waals surface area (Å²) in [4.78, 5) is 27.6. The van der Waals surface area contributed by atoms with Gasteiger partial charge in [-0.2, -0.15) is 4.98 Å². The maximum Gasteiger partial charge on any atom is 0.314 e. The van der Waals surface area contributed by atoms with E-state index in [0.717, 1.165) is 17.8 Å². The van der Waals surface area contributed by atoms with Crippen LogP contribution in [0, 0.1) is 23.7 Å². The van der Waals surface area contributed by atoms with Crippen molar-refractivity contribution in [3.05, 3.63) is 46.6 Å². The minimum atomic E-state index is -2.73. The van der Waals surface area contributed by atoms with E-state index < -0.39 is 17.8 Å². The largest absolute Gasteiger partial charge is 0.486 e. The summed E-state index contributed by atoms with van der Waals surface area (Å²) in [6, 6.07) is 0.274. The molecule has 6 rings (SSSR count). The highest BCUT2D eigenvalue weighted by atomic mass is 35.5. The summed E-state index contributed by atoms with van der Waals surface area (Å²) in [6.45, 7) is 3.89. The Morgan fingerprint density at radius 2 is 1.95 bits per heavy atom. The van der Waals surface area contributed by atoms with Gasteiger partial charge in [0.25, 0.3) is 5.92 Å². The number of hydrogen-bond donors (Lipinski definition) is 2. The lowest BCUT2D eigenvalue weighted by molar-refractivity contribution is -0.118. The predicted molar refractivity (Wildman–Crippen MR) is 137 cm³/mol. The lowest BCUT2D eigenvalue weighted by Crippen LogP contribution is -2.52. The number of anilines is 2. The quantitative estimate of drug-likeness (QED) is 0.599. The fourth-order valence-corrected chi connectivity index (χ4v) is 5.65. The molecule has 0 radical (unpaired) electrons. The zero-order valence-corrected chi connectivity index (χ0v) is 21.4. The Morgan fingerprint density at radius 3 is 2.68 bits per heavy atom. The number of hydrogen-bond acceptors (Lipinski definition) is 7. The van der Waals surface area contributed by atoms with Crippen LogP contribution < -0.4 is 15.5 Å². The summed E-state index contributed by atoms with van der Waals surface area (Å²) >= 11 is 6.42. The van der Waals surface area contributed by atoms with E-state index in [4.69, 9.17) is 16.3 Å². The molecule has 196 valence electrons. The van der Waals surface area contributed by atoms with Gasteiger partial charge in [0.1, 0.15) is 5.02 Å². The second-order valence-corrected chi connectivity index (χ2v) is 11.0. The maximum atomic E-state index is 14.3. The first-order valence-corrected chi connectivity index (χ1v) is 13.2. The third-order valence-electron chi connectivity index (χ3n) is 7.87. The van der Waals surface area contributed by atoms with E-state index >= 15 is 0 Å². The van der Waals surface area contributed by atoms with Gasteiger partial charge in [0, 0.05) is 43.1 Å². The molecule has 8 nitrogen and oxygen atoms in total. The number of rotatable bonds is 4. The molecule has 1 saturated heterocycles. The number of ether oxygens (including phenoxy) is 1. The number of allylic oxidation sites excluding steroid dienone is 3. The van der Waals surface area contributed by atoms with Gasteiger partial charge in [0.05, 0.1) is 30.1 Å². The Kier molecular flexibility index (Phi) is 5.97. The zero-order valence-electron chi connectivity index (χ0n) is 20.7. The first-order valence-electron chi connectivity index (χ1n) is 12.8. The summed E-state index contributed by atoms with van der Waals surface area (Å²) in [6.07, 6.45) is 10.3. The predicted octanol–water partition coefficient (Wildman–Crippen LogP) is 4.32. The summed E-state index contributed by atoms with van der Waals surface area (Å²) in [7, 11) is 0. The monoisotopic (exact) mass is 530 g/mol. The third-order valence-corrected chi connectivity index (χ3v) is 8.14. The molecular weight excluding hydrogens is 502 g/mol. The van der Waals surface area contributed by atoms with Gasteiger partial charge in [-0.15, -0.1) is 0 Å². The number of piperidine rings is 1. The number of nitrogens with zero attached hydrogens (tertiary/aromatic N) is 4. The minimum Gasteiger partial charge on any atom is -0.486 e. The Bertz CT molecular complexity index is 1240. The Labute approximate surface area is 218 Å². The molecule has 1 amide bonds. The van der Waals surface area contributed by atoms with Crippen molar-refractivity contribution >= 4 is 35.0 Å². The topological polar surface area (TPSA) is 91.7 Å². The van der Waals surface area contributed by atoms with E-state index in [-0.39, 0.29) is 36.7 Å². The van der Waals surface area contributed by atoms with Gasteiger partial charge in [-0.25, -0.2) is 18.8 Å². The van der Waals surface area contributed by atoms with Gasteiger partial charge >= 0.3 is 5.91 Å². The van der Waals surface area contributed by atoms with E-state index in [9.17, 15) is 13.6 Å². The van der Waals surface area contributed by atoms with Crippen molar-refractivity contribution in [3.63, 3.8) is 0 Å². The highest BCUT2D eigenvalue weighted by Gasteiger charge is 2.47. The van der Waals surface area contributed by atoms with Crippen molar-refractivity contribution in [1.82, 2.24) is 15.3 Å². The number of aliphatic imine (C=N–C) groups is 1. The molecule has 1 aromatic heterocycles. The van der Waals surface area contributed by atoms with Gasteiger partial charge in [0.15, 0.2) is 5.82 Å². The van der Waals surface area contributed by atoms with E-state index in [1.807, 2.05) is 12.2 Å². The molecular formula is C26H29ClF2N6O2. The molecule has 2 fully saturated rings. The molecule has 0 spiro atoms. The van der Waals surface area contributed by atoms with Crippen molar-refractivity contribution in [2.24, 2.45) is 28.7 Å². The van der Waals surface area contributed by atoms with E-state index in [1.165, 1.54) is 19.0 Å². The summed E-state index contributed by atoms with van der Waals surface area (Å²) in [5, 5.41) is 7.16. The number of dihydropyridines is 1. The van der Waals surface area contributed by atoms with Crippen LogP contribution >= 0.6 is 11.6 Å². The average molecular weight is 531 g/mol. The van der Waals surface area contributed by atoms with Gasteiger partial charge in [0.2, 0.25) is 11.7 Å². The molecule has 2 N–H and O–H groups in total. The number of aromatic nitrogens is 2. The van der Waals surface area contributed by atoms with Crippen LogP contribution in [0.1, 0.15) is 33.1 Å². The van der Waals surface area contributed by atoms with E-state index in [0.29, 0.717) is 35.0 Å². The van der Waals surface area contributed by atoms with Crippen molar-refractivity contribution in [3.8, 4) is 0 Å². The Hall–Kier alpha value is -3.01. The highest BCUT2D eigenvalue weighted by Crippen LogP contribution is 2.40. The van der Waals surface area contributed by atoms with E-state index in [1.54, 1.807) is 24.8 Å². The molecule has 5 aliphatic rings. The second-order valence-electron chi connectivity index (χ2n) is 10.6. The molecule has 0 aromatic carbocycles. The Morgan fingerprint density at radius 1 is 1.19 bits per heavy atom. The fraction of sp³-hybridized carbons (Fsp3) is 0.538. The second kappa shape index (κ2) is 9.08. The summed E-state index contributed by atoms with van der Waals surface area (Å²) < 4.78 is 34.5. The summed E-state index contributed by atoms with van der Waals surface area (Å²) in [5.74, 6) is -3.39. The van der Waals surface area contributed by atoms with Crippen molar-refractivity contribution in [2.45, 2.75) is 45.1 Å². The minimum absolute atomic E-state index is 0.154. The Balaban J connectivity index is 1.25. The zero-order chi connectivity index (χ0) is 25.9. The van der Waals surface area contributed by atoms with Crippen molar-refractivity contribution in [1.29, 1.82) is 0 Å². The number of fused-ring (bicyclic) bond motifs is 2. The van der Waals surface area contributed by atoms with Gasteiger partial charge in [-0.3, -0.25) is 4.79 Å². The molecule has 2 aliphatic carbocycles. The normalized spacial score (nSPS) is 30.8. The molecule has 1 saturated carbocycles. The van der Waals surface area contributed by atoms with Crippen molar-refractivity contribution < 1.29 is 18.3 Å². The van der Waals surface area contributed by atoms with Crippen LogP contribution in [0.15, 0.2) is 46.6 Å². The van der Waals surface area contributed by atoms with Crippen molar-refractivity contribution in [2.75, 3.05) is 29.9 Å². The molecule has 4 atom stereocenters. The average Bonchev–Trinajstić information content (AvgIpc) is 3.71. The first kappa shape index (κ1) is 24.3. The number of carbonyl (C=O) groups excluding carboxylic acids is 1. The molecule has 4 heterocycles. The number of alkyl halides is 2. The van der Waals surface area contributed by atoms with Crippen LogP contribution in [-0.4, -0.2) is 53.2 Å². The molecule has 37 heavy (non-hydrogen) atoms. The van der Waals surface area contributed by atoms with Crippen LogP contribution in [0.3, 0.4) is 0 Å². The highest BCUT2D eigenvalue weighted by molar-refractivity contribution is 6.32. The lowest BCUT2D eigenvalue weighted by Gasteiger charge is -2.41. The number of amides is 1. The first-order chi connectivity index (χ1) is 17.7. The van der Waals surface area contributed by atoms with Crippen LogP contribution in [-0.2, 0) is 9.53 Å². The van der Waals surface area contributed by atoms with Gasteiger partial charge in [-0.1, -0.05) is 25.4 Å². The lowest BCUT2D eigenvalue weighted by atomic mass is 9.87. The summed E-state index contributed by atoms with van der Waals surface area (Å²) in [5.41, 5.74) is 2.12.